The first-order valence-electron chi connectivity index (χ1n) is 22.6. The summed E-state index contributed by atoms with van der Waals surface area (Å²) in [5.74, 6) is -2.77. The number of amides is 4. The Labute approximate surface area is 434 Å². The minimum atomic E-state index is -4.36. The third-order valence-electron chi connectivity index (χ3n) is 10.4. The van der Waals surface area contributed by atoms with E-state index in [1.807, 2.05) is 6.07 Å². The molecule has 0 aliphatic rings. The van der Waals surface area contributed by atoms with Crippen LogP contribution in [0.3, 0.4) is 0 Å². The van der Waals surface area contributed by atoms with Crippen molar-refractivity contribution in [2.45, 2.75) is 24.3 Å². The van der Waals surface area contributed by atoms with Crippen LogP contribution in [0.1, 0.15) is 50.0 Å². The predicted molar refractivity (Wildman–Crippen MR) is 284 cm³/mol. The molecule has 5 N–H and O–H groups in total. The second-order valence-corrected chi connectivity index (χ2v) is 17.3. The first-order valence-corrected chi connectivity index (χ1v) is 24.1. The maximum atomic E-state index is 13.9. The maximum Gasteiger partial charge on any atom is 0.342 e. The van der Waals surface area contributed by atoms with Crippen LogP contribution in [-0.2, 0) is 24.3 Å². The zero-order chi connectivity index (χ0) is 54.5. The van der Waals surface area contributed by atoms with E-state index in [9.17, 15) is 37.7 Å². The number of nitrogens with zero attached hydrogens (tertiary/aromatic N) is 1. The van der Waals surface area contributed by atoms with Crippen LogP contribution in [0.5, 0.6) is 28.7 Å². The zero-order valence-corrected chi connectivity index (χ0v) is 42.0. The van der Waals surface area contributed by atoms with Crippen molar-refractivity contribution in [3.8, 4) is 34.8 Å². The number of sulfonamides is 1. The fourth-order valence-electron chi connectivity index (χ4n) is 6.78. The highest BCUT2D eigenvalue weighted by Crippen LogP contribution is 2.42. The lowest BCUT2D eigenvalue weighted by Crippen LogP contribution is -2.43. The number of nitrogens with one attached hydrogen (secondary N) is 5. The summed E-state index contributed by atoms with van der Waals surface area (Å²) < 4.78 is 62.6. The number of ether oxygens (including phenoxy) is 6. The molecule has 0 saturated carbocycles. The van der Waals surface area contributed by atoms with Gasteiger partial charge in [-0.15, -0.1) is 0 Å². The van der Waals surface area contributed by atoms with Crippen molar-refractivity contribution < 1.29 is 60.8 Å². The topological polar surface area (TPSA) is 259 Å². The number of nitriles is 1. The Morgan fingerprint density at radius 1 is 0.613 bits per heavy atom. The Hall–Kier alpha value is -9.45. The molecule has 5 rings (SSSR count). The summed E-state index contributed by atoms with van der Waals surface area (Å²) in [6.45, 7) is 16.3. The second-order valence-electron chi connectivity index (χ2n) is 15.6. The largest absolute Gasteiger partial charge is 0.491 e. The van der Waals surface area contributed by atoms with E-state index in [2.05, 4.69) is 52.3 Å². The summed E-state index contributed by atoms with van der Waals surface area (Å²) in [7, 11) is -1.72. The third kappa shape index (κ3) is 15.3. The molecule has 0 bridgehead atoms. The standard InChI is InChI=1S/C55H54N6O13S/c1-8-30-71-40-20-12-36(13-21-40)34-35(5)51(62)57-39-18-22-41(23-19-39)75(67,68)61-46(28-29-56)54(65)58-38-16-14-37(15-17-38)52(63)59-44-26-24-42(47(49(44)69-6)72-31-9-2)53(64)60-45-27-25-43(55(66)74-33-11-4)48(50(45)70-7)73-32-10-3/h8-27,34,46,61H,1-4,28,30-33H2,5-7H3,(H,57,62)(H,58,65)(H,59,63)(H,60,64)/t46-/m0/s1. The highest BCUT2D eigenvalue weighted by atomic mass is 32.2. The highest BCUT2D eigenvalue weighted by molar-refractivity contribution is 7.89. The summed E-state index contributed by atoms with van der Waals surface area (Å²) in [6, 6.07) is 23.9. The van der Waals surface area contributed by atoms with Gasteiger partial charge in [0, 0.05) is 22.5 Å². The predicted octanol–water partition coefficient (Wildman–Crippen LogP) is 8.49. The van der Waals surface area contributed by atoms with Gasteiger partial charge < -0.3 is 49.7 Å². The molecule has 1 atom stereocenters. The van der Waals surface area contributed by atoms with Crippen molar-refractivity contribution >= 4 is 68.4 Å². The van der Waals surface area contributed by atoms with E-state index in [-0.39, 0.29) is 81.5 Å². The number of esters is 1. The molecule has 19 nitrogen and oxygen atoms in total. The number of rotatable bonds is 27. The molecule has 4 amide bonds. The lowest BCUT2D eigenvalue weighted by atomic mass is 10.1. The Bertz CT molecular complexity index is 3130. The number of anilines is 4. The first kappa shape index (κ1) is 56.5. The highest BCUT2D eigenvalue weighted by Gasteiger charge is 2.28. The molecule has 0 fully saturated rings. The normalized spacial score (nSPS) is 11.3. The van der Waals surface area contributed by atoms with Crippen LogP contribution in [0.15, 0.2) is 158 Å². The molecule has 75 heavy (non-hydrogen) atoms. The van der Waals surface area contributed by atoms with E-state index >= 15 is 0 Å². The fraction of sp³-hybridized carbons (Fsp3) is 0.164. The van der Waals surface area contributed by atoms with E-state index in [0.717, 1.165) is 5.56 Å². The Kier molecular flexibility index (Phi) is 20.6. The van der Waals surface area contributed by atoms with Crippen LogP contribution < -0.4 is 49.7 Å². The van der Waals surface area contributed by atoms with Gasteiger partial charge in [-0.05, 0) is 103 Å². The fourth-order valence-corrected chi connectivity index (χ4v) is 7.98. The molecule has 0 spiro atoms. The molecule has 5 aromatic carbocycles. The average molecular weight is 1040 g/mol. The Morgan fingerprint density at radius 2 is 1.13 bits per heavy atom. The molecule has 388 valence electrons. The number of methoxy groups -OCH3 is 2. The lowest BCUT2D eigenvalue weighted by Gasteiger charge is -2.20. The SMILES string of the molecule is C=CCOC(=O)c1ccc(NC(=O)c2ccc(NC(=O)c3ccc(NC(=O)[C@H](CC#N)NS(=O)(=O)c4ccc(NC(=O)C(C)=Cc5ccc(OCC=C)cc5)cc4)cc3)c(OC)c2OCC=C)c(OC)c1OCC=C. The van der Waals surface area contributed by atoms with Crippen LogP contribution in [-0.4, -0.2) is 84.7 Å². The van der Waals surface area contributed by atoms with Crippen molar-refractivity contribution in [2.24, 2.45) is 0 Å². The van der Waals surface area contributed by atoms with E-state index < -0.39 is 52.1 Å². The monoisotopic (exact) mass is 1040 g/mol. The van der Waals surface area contributed by atoms with E-state index in [4.69, 9.17) is 28.4 Å². The van der Waals surface area contributed by atoms with E-state index in [0.29, 0.717) is 23.6 Å². The minimum Gasteiger partial charge on any atom is -0.491 e. The van der Waals surface area contributed by atoms with Crippen molar-refractivity contribution in [2.75, 3.05) is 61.9 Å². The van der Waals surface area contributed by atoms with Crippen LogP contribution in [0, 0.1) is 11.3 Å². The van der Waals surface area contributed by atoms with Crippen molar-refractivity contribution in [1.29, 1.82) is 5.26 Å². The average Bonchev–Trinajstić information content (AvgIpc) is 3.40. The number of hydrogen-bond acceptors (Lipinski definition) is 14. The van der Waals surface area contributed by atoms with Crippen LogP contribution >= 0.6 is 0 Å². The third-order valence-corrected chi connectivity index (χ3v) is 11.8. The Morgan fingerprint density at radius 3 is 1.69 bits per heavy atom. The molecule has 0 aliphatic carbocycles. The van der Waals surface area contributed by atoms with Gasteiger partial charge in [0.1, 0.15) is 43.8 Å². The van der Waals surface area contributed by atoms with Gasteiger partial charge in [-0.3, -0.25) is 19.2 Å². The molecule has 0 aromatic heterocycles. The second kappa shape index (κ2) is 27.4. The molecule has 0 unspecified atom stereocenters. The maximum absolute atomic E-state index is 13.9. The molecule has 0 heterocycles. The van der Waals surface area contributed by atoms with E-state index in [1.54, 1.807) is 43.3 Å². The van der Waals surface area contributed by atoms with Crippen LogP contribution in [0.4, 0.5) is 22.7 Å². The molecular formula is C55H54N6O13S. The van der Waals surface area contributed by atoms with Gasteiger partial charge in [0.2, 0.25) is 15.9 Å². The van der Waals surface area contributed by atoms with Crippen molar-refractivity contribution in [3.63, 3.8) is 0 Å². The number of hydrogen-bond donors (Lipinski definition) is 5. The smallest absolute Gasteiger partial charge is 0.342 e. The quantitative estimate of drug-likeness (QED) is 0.0188. The van der Waals surface area contributed by atoms with Gasteiger partial charge >= 0.3 is 5.97 Å². The lowest BCUT2D eigenvalue weighted by molar-refractivity contribution is -0.117. The molecular weight excluding hydrogens is 985 g/mol. The van der Waals surface area contributed by atoms with Crippen LogP contribution in [0.25, 0.3) is 6.08 Å². The Balaban J connectivity index is 1.25. The van der Waals surface area contributed by atoms with Gasteiger partial charge in [0.25, 0.3) is 17.7 Å². The number of benzene rings is 5. The zero-order valence-electron chi connectivity index (χ0n) is 41.2. The van der Waals surface area contributed by atoms with Gasteiger partial charge in [0.05, 0.1) is 48.5 Å². The van der Waals surface area contributed by atoms with Gasteiger partial charge in [-0.1, -0.05) is 62.8 Å². The van der Waals surface area contributed by atoms with Crippen molar-refractivity contribution in [1.82, 2.24) is 4.72 Å². The van der Waals surface area contributed by atoms with Gasteiger partial charge in [-0.2, -0.15) is 9.98 Å². The summed E-state index contributed by atoms with van der Waals surface area (Å²) in [6.07, 6.45) is 7.08. The molecule has 20 heteroatoms. The van der Waals surface area contributed by atoms with Crippen LogP contribution in [0.2, 0.25) is 0 Å². The minimum absolute atomic E-state index is 0.00880. The molecule has 0 radical (unpaired) electrons. The first-order chi connectivity index (χ1) is 36.1. The number of carbonyl (C=O) groups is 5. The summed E-state index contributed by atoms with van der Waals surface area (Å²) in [5, 5.41) is 20.3. The van der Waals surface area contributed by atoms with Gasteiger partial charge in [-0.25, -0.2) is 13.2 Å². The number of carbonyl (C=O) groups excluding carboxylic acids is 5. The molecule has 0 aliphatic heterocycles. The molecule has 5 aromatic rings. The molecule has 0 saturated heterocycles. The van der Waals surface area contributed by atoms with Crippen molar-refractivity contribution in [3.05, 3.63) is 176 Å². The summed E-state index contributed by atoms with van der Waals surface area (Å²) in [5.41, 5.74) is 1.96. The van der Waals surface area contributed by atoms with Gasteiger partial charge in [0.15, 0.2) is 23.0 Å². The van der Waals surface area contributed by atoms with E-state index in [1.165, 1.54) is 105 Å². The summed E-state index contributed by atoms with van der Waals surface area (Å²) in [4.78, 5) is 66.4. The summed E-state index contributed by atoms with van der Waals surface area (Å²) >= 11 is 0.